The highest BCUT2D eigenvalue weighted by Crippen LogP contribution is 1.79. The fourth-order valence-corrected chi connectivity index (χ4v) is 0.299. The highest BCUT2D eigenvalue weighted by Gasteiger charge is 1.83. The Morgan fingerprint density at radius 2 is 2.33 bits per heavy atom. The first-order chi connectivity index (χ1) is 4.20. The number of nitrogens with one attached hydrogen (secondary N) is 2. The van der Waals surface area contributed by atoms with Crippen molar-refractivity contribution < 1.29 is 0 Å². The van der Waals surface area contributed by atoms with E-state index >= 15 is 0 Å². The molecule has 3 nitrogen and oxygen atoms in total. The second-order valence-corrected chi connectivity index (χ2v) is 1.51. The molecule has 0 spiro atoms. The lowest BCUT2D eigenvalue weighted by atomic mass is 10.3. The fraction of sp³-hybridized carbons (Fsp3) is 0.167. The number of rotatable bonds is 3. The third-order valence-corrected chi connectivity index (χ3v) is 0.820. The summed E-state index contributed by atoms with van der Waals surface area (Å²) in [4.78, 5) is 0. The maximum Gasteiger partial charge on any atom is 0.0979 e. The van der Waals surface area contributed by atoms with Crippen LogP contribution >= 0.6 is 0 Å². The molecule has 0 aromatic carbocycles. The molecule has 0 fully saturated rings. The molecule has 0 aliphatic heterocycles. The van der Waals surface area contributed by atoms with Crippen molar-refractivity contribution in [2.75, 3.05) is 7.05 Å². The van der Waals surface area contributed by atoms with Gasteiger partial charge < -0.3 is 16.5 Å². The molecule has 9 heavy (non-hydrogen) atoms. The van der Waals surface area contributed by atoms with Crippen LogP contribution in [0.1, 0.15) is 0 Å². The van der Waals surface area contributed by atoms with E-state index in [0.29, 0.717) is 11.5 Å². The van der Waals surface area contributed by atoms with Crippen molar-refractivity contribution in [1.29, 1.82) is 5.41 Å². The summed E-state index contributed by atoms with van der Waals surface area (Å²) >= 11 is 0. The molecule has 0 amide bonds. The Morgan fingerprint density at radius 1 is 1.78 bits per heavy atom. The van der Waals surface area contributed by atoms with Crippen molar-refractivity contribution in [2.45, 2.75) is 0 Å². The summed E-state index contributed by atoms with van der Waals surface area (Å²) in [6, 6.07) is 0. The molecule has 0 rings (SSSR count). The number of nitrogens with two attached hydrogens (primary N) is 1. The summed E-state index contributed by atoms with van der Waals surface area (Å²) < 4.78 is 0. The molecule has 0 aromatic rings. The van der Waals surface area contributed by atoms with Gasteiger partial charge in [0.25, 0.3) is 0 Å². The van der Waals surface area contributed by atoms with Crippen molar-refractivity contribution in [3.8, 4) is 0 Å². The second-order valence-electron chi connectivity index (χ2n) is 1.51. The summed E-state index contributed by atoms with van der Waals surface area (Å²) in [6.07, 6.45) is 2.91. The fourth-order valence-electron chi connectivity index (χ4n) is 0.299. The van der Waals surface area contributed by atoms with Gasteiger partial charge in [-0.3, -0.25) is 0 Å². The first-order valence-corrected chi connectivity index (χ1v) is 2.56. The van der Waals surface area contributed by atoms with Gasteiger partial charge in [0.1, 0.15) is 0 Å². The average molecular weight is 125 g/mol. The summed E-state index contributed by atoms with van der Waals surface area (Å²) in [5.74, 6) is 0.472. The van der Waals surface area contributed by atoms with Crippen LogP contribution in [-0.2, 0) is 0 Å². The molecule has 0 radical (unpaired) electrons. The van der Waals surface area contributed by atoms with Crippen molar-refractivity contribution in [3.63, 3.8) is 0 Å². The van der Waals surface area contributed by atoms with Crippen molar-refractivity contribution in [2.24, 2.45) is 5.73 Å². The normalized spacial score (nSPS) is 10.6. The predicted octanol–water partition coefficient (Wildman–Crippen LogP) is 0.212. The van der Waals surface area contributed by atoms with Gasteiger partial charge in [-0.2, -0.15) is 0 Å². The third-order valence-electron chi connectivity index (χ3n) is 0.820. The van der Waals surface area contributed by atoms with Gasteiger partial charge in [-0.25, -0.2) is 0 Å². The topological polar surface area (TPSA) is 61.9 Å². The molecule has 3 heteroatoms. The predicted molar refractivity (Wildman–Crippen MR) is 39.3 cm³/mol. The van der Waals surface area contributed by atoms with E-state index in [1.807, 2.05) is 0 Å². The van der Waals surface area contributed by atoms with E-state index in [1.165, 1.54) is 12.2 Å². The third kappa shape index (κ3) is 3.34. The van der Waals surface area contributed by atoms with E-state index in [4.69, 9.17) is 11.1 Å². The maximum absolute atomic E-state index is 7.06. The zero-order valence-electron chi connectivity index (χ0n) is 5.44. The van der Waals surface area contributed by atoms with Gasteiger partial charge in [-0.05, 0) is 6.08 Å². The standard InChI is InChI=1S/C6H11N3/c1-3-5(7)4-6(8)9-2/h3-4,7,9H,1,8H2,2H3/b6-4-,7-5?. The number of hydrogen-bond acceptors (Lipinski definition) is 3. The van der Waals surface area contributed by atoms with Crippen LogP contribution in [0.25, 0.3) is 0 Å². The van der Waals surface area contributed by atoms with Gasteiger partial charge in [0.2, 0.25) is 0 Å². The van der Waals surface area contributed by atoms with Crippen LogP contribution in [0, 0.1) is 5.41 Å². The molecule has 50 valence electrons. The molecule has 0 atom stereocenters. The number of hydrogen-bond donors (Lipinski definition) is 3. The molecule has 0 aliphatic carbocycles. The van der Waals surface area contributed by atoms with E-state index in [2.05, 4.69) is 11.9 Å². The Bertz CT molecular complexity index is 146. The molecule has 0 bridgehead atoms. The molecule has 0 heterocycles. The molecule has 0 aliphatic rings. The van der Waals surface area contributed by atoms with Crippen LogP contribution < -0.4 is 11.1 Å². The largest absolute Gasteiger partial charge is 0.385 e. The Labute approximate surface area is 54.8 Å². The summed E-state index contributed by atoms with van der Waals surface area (Å²) in [6.45, 7) is 3.40. The minimum absolute atomic E-state index is 0.307. The van der Waals surface area contributed by atoms with Crippen molar-refractivity contribution >= 4 is 5.71 Å². The van der Waals surface area contributed by atoms with Crippen LogP contribution in [-0.4, -0.2) is 12.8 Å². The van der Waals surface area contributed by atoms with Crippen LogP contribution in [0.5, 0.6) is 0 Å². The molecule has 4 N–H and O–H groups in total. The van der Waals surface area contributed by atoms with Gasteiger partial charge in [0, 0.05) is 13.1 Å². The molecule has 0 unspecified atom stereocenters. The highest BCUT2D eigenvalue weighted by atomic mass is 14.9. The summed E-state index contributed by atoms with van der Waals surface area (Å²) in [5.41, 5.74) is 5.62. The van der Waals surface area contributed by atoms with Crippen LogP contribution in [0.2, 0.25) is 0 Å². The molecular formula is C6H11N3. The van der Waals surface area contributed by atoms with E-state index in [9.17, 15) is 0 Å². The smallest absolute Gasteiger partial charge is 0.0979 e. The molecule has 0 saturated carbocycles. The van der Waals surface area contributed by atoms with E-state index in [0.717, 1.165) is 0 Å². The van der Waals surface area contributed by atoms with Gasteiger partial charge in [-0.1, -0.05) is 6.58 Å². The summed E-state index contributed by atoms with van der Waals surface area (Å²) in [5, 5.41) is 9.74. The average Bonchev–Trinajstić information content (AvgIpc) is 1.87. The van der Waals surface area contributed by atoms with Gasteiger partial charge in [-0.15, -0.1) is 0 Å². The minimum atomic E-state index is 0.307. The van der Waals surface area contributed by atoms with Crippen LogP contribution in [0.15, 0.2) is 24.6 Å². The first-order valence-electron chi connectivity index (χ1n) is 2.56. The Balaban J connectivity index is 3.94. The van der Waals surface area contributed by atoms with Gasteiger partial charge in [0.15, 0.2) is 0 Å². The van der Waals surface area contributed by atoms with Crippen LogP contribution in [0.3, 0.4) is 0 Å². The van der Waals surface area contributed by atoms with E-state index in [1.54, 1.807) is 7.05 Å². The quantitative estimate of drug-likeness (QED) is 0.472. The SMILES string of the molecule is C=CC(=N)/C=C(/N)NC. The Kier molecular flexibility index (Phi) is 3.20. The zero-order chi connectivity index (χ0) is 7.28. The maximum atomic E-state index is 7.06. The summed E-state index contributed by atoms with van der Waals surface area (Å²) in [7, 11) is 1.70. The lowest BCUT2D eigenvalue weighted by Gasteiger charge is -1.95. The first kappa shape index (κ1) is 7.75. The van der Waals surface area contributed by atoms with Crippen molar-refractivity contribution in [1.82, 2.24) is 5.32 Å². The van der Waals surface area contributed by atoms with Crippen LogP contribution in [0.4, 0.5) is 0 Å². The zero-order valence-corrected chi connectivity index (χ0v) is 5.44. The Hall–Kier alpha value is -1.25. The lowest BCUT2D eigenvalue weighted by molar-refractivity contribution is 0.968. The highest BCUT2D eigenvalue weighted by molar-refractivity contribution is 6.01. The second kappa shape index (κ2) is 3.72. The van der Waals surface area contributed by atoms with E-state index in [-0.39, 0.29) is 0 Å². The monoisotopic (exact) mass is 125 g/mol. The minimum Gasteiger partial charge on any atom is -0.385 e. The van der Waals surface area contributed by atoms with Gasteiger partial charge >= 0.3 is 0 Å². The van der Waals surface area contributed by atoms with Gasteiger partial charge in [0.05, 0.1) is 11.5 Å². The molecular weight excluding hydrogens is 114 g/mol. The van der Waals surface area contributed by atoms with Crippen molar-refractivity contribution in [3.05, 3.63) is 24.6 Å². The lowest BCUT2D eigenvalue weighted by Crippen LogP contribution is -2.15. The van der Waals surface area contributed by atoms with E-state index < -0.39 is 0 Å². The number of allylic oxidation sites excluding steroid dienone is 2. The molecule has 0 saturated heterocycles. The Morgan fingerprint density at radius 3 is 2.67 bits per heavy atom. The molecule has 0 aromatic heterocycles.